The number of benzene rings is 2. The number of fused-ring (bicyclic) bond motifs is 3. The van der Waals surface area contributed by atoms with E-state index in [0.717, 1.165) is 16.8 Å². The van der Waals surface area contributed by atoms with Crippen LogP contribution in [0.2, 0.25) is 0 Å². The second-order valence-electron chi connectivity index (χ2n) is 8.10. The lowest BCUT2D eigenvalue weighted by Gasteiger charge is -2.22. The Morgan fingerprint density at radius 2 is 1.83 bits per heavy atom. The van der Waals surface area contributed by atoms with Gasteiger partial charge in [0.2, 0.25) is 5.95 Å². The monoisotopic (exact) mass is 477 g/mol. The third kappa shape index (κ3) is 5.13. The number of H-pyrrole nitrogens is 1. The maximum absolute atomic E-state index is 12.5. The molecule has 0 unspecified atom stereocenters. The van der Waals surface area contributed by atoms with Crippen LogP contribution in [0.3, 0.4) is 0 Å². The van der Waals surface area contributed by atoms with Crippen molar-refractivity contribution in [3.8, 4) is 11.1 Å². The molecule has 4 rings (SSSR count). The van der Waals surface area contributed by atoms with Crippen molar-refractivity contribution in [2.24, 2.45) is 0 Å². The second kappa shape index (κ2) is 9.67. The third-order valence-electron chi connectivity index (χ3n) is 5.75. The Morgan fingerprint density at radius 1 is 1.09 bits per heavy atom. The number of nitrogens with one attached hydrogen (secondary N) is 3. The number of anilines is 3. The number of nitrogens with zero attached hydrogens (tertiary/aromatic N) is 1. The normalized spacial score (nSPS) is 12.7. The molecule has 35 heavy (non-hydrogen) atoms. The first-order valence-corrected chi connectivity index (χ1v) is 10.9. The minimum absolute atomic E-state index is 0.0900. The lowest BCUT2D eigenvalue weighted by Crippen LogP contribution is -2.41. The minimum atomic E-state index is -1.30. The number of carboxylic acids is 2. The summed E-state index contributed by atoms with van der Waals surface area (Å²) in [6.45, 7) is 0. The van der Waals surface area contributed by atoms with Crippen molar-refractivity contribution in [1.29, 1.82) is 0 Å². The van der Waals surface area contributed by atoms with Gasteiger partial charge in [-0.2, -0.15) is 0 Å². The number of hydrogen-bond donors (Lipinski definition) is 6. The van der Waals surface area contributed by atoms with E-state index in [1.54, 1.807) is 12.1 Å². The number of amides is 1. The highest BCUT2D eigenvalue weighted by atomic mass is 16.4. The van der Waals surface area contributed by atoms with E-state index in [1.165, 1.54) is 12.1 Å². The molecule has 1 amide bonds. The van der Waals surface area contributed by atoms with Crippen molar-refractivity contribution >= 4 is 35.2 Å². The van der Waals surface area contributed by atoms with Crippen LogP contribution in [0.5, 0.6) is 0 Å². The summed E-state index contributed by atoms with van der Waals surface area (Å²) in [4.78, 5) is 53.8. The van der Waals surface area contributed by atoms with Crippen LogP contribution in [0.15, 0.2) is 47.3 Å². The summed E-state index contributed by atoms with van der Waals surface area (Å²) < 4.78 is 0. The number of aromatic nitrogens is 2. The van der Waals surface area contributed by atoms with Crippen molar-refractivity contribution in [2.45, 2.75) is 31.7 Å². The lowest BCUT2D eigenvalue weighted by molar-refractivity contribution is -0.140. The Hall–Kier alpha value is -4.67. The number of nitrogens with two attached hydrogens (primary N) is 1. The number of rotatable bonds is 8. The zero-order valence-corrected chi connectivity index (χ0v) is 18.5. The molecule has 0 fully saturated rings. The van der Waals surface area contributed by atoms with Gasteiger partial charge in [0, 0.05) is 23.4 Å². The number of aliphatic carboxylic acids is 2. The summed E-state index contributed by atoms with van der Waals surface area (Å²) in [6, 6.07) is 10.7. The molecule has 1 atom stereocenters. The minimum Gasteiger partial charge on any atom is -0.481 e. The maximum atomic E-state index is 12.5. The Morgan fingerprint density at radius 3 is 2.51 bits per heavy atom. The molecule has 0 radical (unpaired) electrons. The predicted molar refractivity (Wildman–Crippen MR) is 128 cm³/mol. The van der Waals surface area contributed by atoms with Gasteiger partial charge in [-0.1, -0.05) is 12.1 Å². The largest absolute Gasteiger partial charge is 0.481 e. The number of aromatic amines is 1. The average Bonchev–Trinajstić information content (AvgIpc) is 2.81. The quantitative estimate of drug-likeness (QED) is 0.282. The molecule has 0 saturated heterocycles. The van der Waals surface area contributed by atoms with E-state index in [1.807, 2.05) is 18.2 Å². The van der Waals surface area contributed by atoms with Gasteiger partial charge in [-0.15, -0.1) is 0 Å². The Bertz CT molecular complexity index is 1370. The fourth-order valence-electron chi connectivity index (χ4n) is 4.08. The molecule has 0 bridgehead atoms. The van der Waals surface area contributed by atoms with Crippen LogP contribution in [0.4, 0.5) is 17.3 Å². The van der Waals surface area contributed by atoms with E-state index in [4.69, 9.17) is 10.8 Å². The zero-order valence-electron chi connectivity index (χ0n) is 18.5. The van der Waals surface area contributed by atoms with Crippen molar-refractivity contribution in [2.75, 3.05) is 11.1 Å². The van der Waals surface area contributed by atoms with Gasteiger partial charge >= 0.3 is 11.9 Å². The number of carbonyl (C=O) groups excluding carboxylic acids is 1. The number of aryl methyl sites for hydroxylation is 1. The van der Waals surface area contributed by atoms with Crippen molar-refractivity contribution in [3.05, 3.63) is 69.6 Å². The molecule has 2 aromatic carbocycles. The SMILES string of the molecule is Nc1nc2c(c(=O)[nH]1)-c1cccc(Nc3ccc(C(=O)N[C@@H](CCC(=O)O)C(=O)O)cc3)c1CC2. The first-order chi connectivity index (χ1) is 16.7. The highest BCUT2D eigenvalue weighted by Crippen LogP contribution is 2.35. The van der Waals surface area contributed by atoms with Gasteiger partial charge in [-0.05, 0) is 60.7 Å². The summed E-state index contributed by atoms with van der Waals surface area (Å²) in [5.41, 5.74) is 10.0. The summed E-state index contributed by atoms with van der Waals surface area (Å²) in [5.74, 6) is -2.97. The number of hydrogen-bond acceptors (Lipinski definition) is 7. The highest BCUT2D eigenvalue weighted by molar-refractivity contribution is 5.97. The molecular weight excluding hydrogens is 454 g/mol. The Balaban J connectivity index is 1.51. The topological polar surface area (TPSA) is 187 Å². The molecule has 1 aliphatic carbocycles. The molecule has 11 heteroatoms. The van der Waals surface area contributed by atoms with Crippen LogP contribution in [0, 0.1) is 0 Å². The summed E-state index contributed by atoms with van der Waals surface area (Å²) in [5, 5.41) is 23.6. The van der Waals surface area contributed by atoms with E-state index in [2.05, 4.69) is 20.6 Å². The molecule has 1 aromatic heterocycles. The van der Waals surface area contributed by atoms with Crippen LogP contribution >= 0.6 is 0 Å². The van der Waals surface area contributed by atoms with Gasteiger partial charge in [0.15, 0.2) is 0 Å². The van der Waals surface area contributed by atoms with Crippen LogP contribution in [-0.4, -0.2) is 44.1 Å². The fraction of sp³-hybridized carbons (Fsp3) is 0.208. The van der Waals surface area contributed by atoms with Gasteiger partial charge in [0.25, 0.3) is 11.5 Å². The molecule has 0 aliphatic heterocycles. The average molecular weight is 477 g/mol. The summed E-state index contributed by atoms with van der Waals surface area (Å²) in [6.07, 6.45) is 0.639. The first kappa shape index (κ1) is 23.5. The molecule has 180 valence electrons. The maximum Gasteiger partial charge on any atom is 0.326 e. The van der Waals surface area contributed by atoms with E-state index in [-0.39, 0.29) is 29.9 Å². The highest BCUT2D eigenvalue weighted by Gasteiger charge is 2.24. The Labute approximate surface area is 199 Å². The van der Waals surface area contributed by atoms with E-state index < -0.39 is 23.9 Å². The van der Waals surface area contributed by atoms with E-state index in [0.29, 0.717) is 29.8 Å². The van der Waals surface area contributed by atoms with Crippen LogP contribution in [0.1, 0.15) is 34.5 Å². The van der Waals surface area contributed by atoms with Gasteiger partial charge in [-0.25, -0.2) is 9.78 Å². The predicted octanol–water partition coefficient (Wildman–Crippen LogP) is 1.91. The van der Waals surface area contributed by atoms with Crippen molar-refractivity contribution < 1.29 is 24.6 Å². The van der Waals surface area contributed by atoms with Crippen molar-refractivity contribution in [3.63, 3.8) is 0 Å². The third-order valence-corrected chi connectivity index (χ3v) is 5.75. The number of carboxylic acid groups (broad SMARTS) is 2. The Kier molecular flexibility index (Phi) is 6.49. The molecule has 7 N–H and O–H groups in total. The molecule has 3 aromatic rings. The number of nitrogen functional groups attached to an aromatic ring is 1. The van der Waals surface area contributed by atoms with E-state index in [9.17, 15) is 24.3 Å². The first-order valence-electron chi connectivity index (χ1n) is 10.9. The molecule has 11 nitrogen and oxygen atoms in total. The lowest BCUT2D eigenvalue weighted by atomic mass is 9.88. The molecule has 0 saturated carbocycles. The summed E-state index contributed by atoms with van der Waals surface area (Å²) >= 11 is 0. The molecule has 1 aliphatic rings. The van der Waals surface area contributed by atoms with Gasteiger partial charge in [0.05, 0.1) is 11.3 Å². The van der Waals surface area contributed by atoms with Gasteiger partial charge < -0.3 is 26.6 Å². The van der Waals surface area contributed by atoms with Gasteiger partial charge in [-0.3, -0.25) is 19.4 Å². The fourth-order valence-corrected chi connectivity index (χ4v) is 4.08. The van der Waals surface area contributed by atoms with Crippen LogP contribution in [0.25, 0.3) is 11.1 Å². The van der Waals surface area contributed by atoms with Gasteiger partial charge in [0.1, 0.15) is 6.04 Å². The zero-order chi connectivity index (χ0) is 25.1. The smallest absolute Gasteiger partial charge is 0.326 e. The summed E-state index contributed by atoms with van der Waals surface area (Å²) in [7, 11) is 0. The standard InChI is InChI=1S/C24H23N5O6/c25-24-28-17-9-8-14-15(20(17)22(33)29-24)2-1-3-16(14)26-13-6-4-12(5-7-13)21(32)27-18(23(34)35)10-11-19(30)31/h1-7,18,26H,8-11H2,(H,27,32)(H,30,31)(H,34,35)(H3,25,28,29,33)/t18-/m0/s1. The van der Waals surface area contributed by atoms with Crippen molar-refractivity contribution in [1.82, 2.24) is 15.3 Å². The molecular formula is C24H23N5O6. The number of carbonyl (C=O) groups is 3. The second-order valence-corrected chi connectivity index (χ2v) is 8.10. The van der Waals surface area contributed by atoms with Crippen LogP contribution < -0.4 is 21.9 Å². The van der Waals surface area contributed by atoms with E-state index >= 15 is 0 Å². The molecule has 1 heterocycles. The molecule has 0 spiro atoms. The van der Waals surface area contributed by atoms with Crippen LogP contribution in [-0.2, 0) is 22.4 Å².